The molecule has 0 spiro atoms. The highest BCUT2D eigenvalue weighted by molar-refractivity contribution is 7.08. The van der Waals surface area contributed by atoms with Gasteiger partial charge in [0.1, 0.15) is 11.7 Å². The molecule has 0 fully saturated rings. The van der Waals surface area contributed by atoms with E-state index in [9.17, 15) is 9.59 Å². The molecule has 0 aliphatic heterocycles. The molecule has 24 heavy (non-hydrogen) atoms. The van der Waals surface area contributed by atoms with Gasteiger partial charge in [0, 0.05) is 22.6 Å². The number of thiophene rings is 1. The van der Waals surface area contributed by atoms with E-state index in [4.69, 9.17) is 4.52 Å². The molecule has 3 aromatic rings. The fourth-order valence-electron chi connectivity index (χ4n) is 2.05. The molecule has 0 saturated carbocycles. The zero-order chi connectivity index (χ0) is 16.9. The molecule has 0 radical (unpaired) electrons. The molecule has 1 aromatic carbocycles. The quantitative estimate of drug-likeness (QED) is 0.746. The highest BCUT2D eigenvalue weighted by Gasteiger charge is 2.18. The number of hydrogen-bond donors (Lipinski definition) is 2. The number of hydrogen-bond acceptors (Lipinski definition) is 5. The summed E-state index contributed by atoms with van der Waals surface area (Å²) in [5, 5.41) is 13.0. The largest absolute Gasteiger partial charge is 0.341 e. The van der Waals surface area contributed by atoms with Crippen LogP contribution in [0, 0.1) is 0 Å². The van der Waals surface area contributed by atoms with Crippen molar-refractivity contribution in [1.29, 1.82) is 0 Å². The lowest BCUT2D eigenvalue weighted by molar-refractivity contribution is -0.117. The lowest BCUT2D eigenvalue weighted by Crippen LogP contribution is -2.41. The van der Waals surface area contributed by atoms with Gasteiger partial charge in [0.2, 0.25) is 11.8 Å². The zero-order valence-corrected chi connectivity index (χ0v) is 13.7. The second kappa shape index (κ2) is 7.10. The average molecular weight is 341 g/mol. The highest BCUT2D eigenvalue weighted by atomic mass is 32.1. The maximum Gasteiger partial charge on any atom is 0.251 e. The Hall–Kier alpha value is -2.93. The summed E-state index contributed by atoms with van der Waals surface area (Å²) in [4.78, 5) is 24.2. The summed E-state index contributed by atoms with van der Waals surface area (Å²) in [5.74, 6) is -0.455. The molecule has 6 nitrogen and oxygen atoms in total. The van der Waals surface area contributed by atoms with Crippen molar-refractivity contribution in [2.75, 3.05) is 5.32 Å². The van der Waals surface area contributed by atoms with Crippen LogP contribution in [0.2, 0.25) is 0 Å². The van der Waals surface area contributed by atoms with Crippen molar-refractivity contribution in [2.45, 2.75) is 13.0 Å². The van der Waals surface area contributed by atoms with E-state index < -0.39 is 6.04 Å². The van der Waals surface area contributed by atoms with Gasteiger partial charge in [-0.05, 0) is 30.5 Å². The normalized spacial score (nSPS) is 11.7. The molecular formula is C17H15N3O3S. The van der Waals surface area contributed by atoms with Crippen molar-refractivity contribution in [3.63, 3.8) is 0 Å². The first kappa shape index (κ1) is 15.9. The summed E-state index contributed by atoms with van der Waals surface area (Å²) in [6.07, 6.45) is 0. The summed E-state index contributed by atoms with van der Waals surface area (Å²) in [6, 6.07) is 11.6. The van der Waals surface area contributed by atoms with Gasteiger partial charge >= 0.3 is 0 Å². The van der Waals surface area contributed by atoms with Crippen LogP contribution in [-0.4, -0.2) is 23.0 Å². The monoisotopic (exact) mass is 341 g/mol. The summed E-state index contributed by atoms with van der Waals surface area (Å²) in [7, 11) is 0. The number of nitrogens with one attached hydrogen (secondary N) is 2. The number of rotatable bonds is 5. The Morgan fingerprint density at radius 2 is 2.00 bits per heavy atom. The van der Waals surface area contributed by atoms with Crippen LogP contribution in [0.5, 0.6) is 0 Å². The first-order valence-corrected chi connectivity index (χ1v) is 8.24. The van der Waals surface area contributed by atoms with Crippen molar-refractivity contribution in [2.24, 2.45) is 0 Å². The van der Waals surface area contributed by atoms with Gasteiger partial charge in [0.05, 0.1) is 0 Å². The number of nitrogens with zero attached hydrogens (tertiary/aromatic N) is 1. The van der Waals surface area contributed by atoms with Crippen LogP contribution in [0.1, 0.15) is 17.3 Å². The molecule has 3 rings (SSSR count). The van der Waals surface area contributed by atoms with Gasteiger partial charge in [-0.1, -0.05) is 23.4 Å². The molecule has 0 saturated heterocycles. The Balaban J connectivity index is 1.59. The Morgan fingerprint density at radius 3 is 2.71 bits per heavy atom. The third kappa shape index (κ3) is 3.69. The fraction of sp³-hybridized carbons (Fsp3) is 0.118. The Bertz CT molecular complexity index is 828. The third-order valence-electron chi connectivity index (χ3n) is 3.35. The van der Waals surface area contributed by atoms with E-state index in [0.29, 0.717) is 11.3 Å². The predicted octanol–water partition coefficient (Wildman–Crippen LogP) is 3.16. The number of aromatic nitrogens is 1. The summed E-state index contributed by atoms with van der Waals surface area (Å²) < 4.78 is 5.11. The van der Waals surface area contributed by atoms with Crippen molar-refractivity contribution in [3.05, 3.63) is 58.8 Å². The van der Waals surface area contributed by atoms with Crippen LogP contribution in [0.15, 0.2) is 57.7 Å². The van der Waals surface area contributed by atoms with E-state index in [1.807, 2.05) is 22.9 Å². The standard InChI is InChI=1S/C17H15N3O3S/c1-11(18-17(22)12-5-3-2-4-6-12)16(21)19-15-9-14(20-23-15)13-7-8-24-10-13/h2-11H,1H3,(H,18,22)(H,19,21)/t11-/m0/s1. The van der Waals surface area contributed by atoms with E-state index in [-0.39, 0.29) is 17.7 Å². The molecule has 0 unspecified atom stereocenters. The minimum Gasteiger partial charge on any atom is -0.341 e. The topological polar surface area (TPSA) is 84.2 Å². The van der Waals surface area contributed by atoms with Crippen LogP contribution in [0.25, 0.3) is 11.3 Å². The van der Waals surface area contributed by atoms with Gasteiger partial charge in [0.25, 0.3) is 5.91 Å². The van der Waals surface area contributed by atoms with E-state index >= 15 is 0 Å². The zero-order valence-electron chi connectivity index (χ0n) is 12.9. The number of anilines is 1. The third-order valence-corrected chi connectivity index (χ3v) is 4.03. The van der Waals surface area contributed by atoms with Crippen LogP contribution < -0.4 is 10.6 Å². The van der Waals surface area contributed by atoms with Gasteiger partial charge in [-0.15, -0.1) is 0 Å². The van der Waals surface area contributed by atoms with Crippen molar-refractivity contribution in [3.8, 4) is 11.3 Å². The van der Waals surface area contributed by atoms with Crippen molar-refractivity contribution >= 4 is 29.0 Å². The molecule has 7 heteroatoms. The molecule has 1 atom stereocenters. The Labute approximate surface area is 142 Å². The van der Waals surface area contributed by atoms with E-state index in [0.717, 1.165) is 5.56 Å². The average Bonchev–Trinajstić information content (AvgIpc) is 3.26. The smallest absolute Gasteiger partial charge is 0.251 e. The Kier molecular flexibility index (Phi) is 4.72. The molecule has 2 N–H and O–H groups in total. The Morgan fingerprint density at radius 1 is 1.21 bits per heavy atom. The van der Waals surface area contributed by atoms with Crippen LogP contribution >= 0.6 is 11.3 Å². The van der Waals surface area contributed by atoms with Gasteiger partial charge < -0.3 is 9.84 Å². The summed E-state index contributed by atoms with van der Waals surface area (Å²) in [5.41, 5.74) is 2.07. The first-order chi connectivity index (χ1) is 11.6. The number of carbonyl (C=O) groups is 2. The summed E-state index contributed by atoms with van der Waals surface area (Å²) in [6.45, 7) is 1.60. The number of amides is 2. The SMILES string of the molecule is C[C@H](NC(=O)c1ccccc1)C(=O)Nc1cc(-c2ccsc2)no1. The van der Waals surface area contributed by atoms with Crippen molar-refractivity contribution in [1.82, 2.24) is 10.5 Å². The lowest BCUT2D eigenvalue weighted by atomic mass is 10.2. The molecular weight excluding hydrogens is 326 g/mol. The van der Waals surface area contributed by atoms with E-state index in [1.165, 1.54) is 0 Å². The minimum absolute atomic E-state index is 0.238. The molecule has 122 valence electrons. The second-order valence-electron chi connectivity index (χ2n) is 5.14. The van der Waals surface area contributed by atoms with Gasteiger partial charge in [-0.3, -0.25) is 14.9 Å². The molecule has 2 heterocycles. The van der Waals surface area contributed by atoms with E-state index in [1.54, 1.807) is 48.6 Å². The van der Waals surface area contributed by atoms with Gasteiger partial charge in [-0.25, -0.2) is 0 Å². The number of carbonyl (C=O) groups excluding carboxylic acids is 2. The molecule has 2 aromatic heterocycles. The lowest BCUT2D eigenvalue weighted by Gasteiger charge is -2.12. The fourth-order valence-corrected chi connectivity index (χ4v) is 2.69. The van der Waals surface area contributed by atoms with Crippen LogP contribution in [0.4, 0.5) is 5.88 Å². The number of benzene rings is 1. The van der Waals surface area contributed by atoms with E-state index in [2.05, 4.69) is 15.8 Å². The van der Waals surface area contributed by atoms with Gasteiger partial charge in [0.15, 0.2) is 0 Å². The molecule has 0 aliphatic carbocycles. The minimum atomic E-state index is -0.715. The van der Waals surface area contributed by atoms with Crippen LogP contribution in [0.3, 0.4) is 0 Å². The molecule has 2 amide bonds. The van der Waals surface area contributed by atoms with Gasteiger partial charge in [-0.2, -0.15) is 11.3 Å². The summed E-state index contributed by atoms with van der Waals surface area (Å²) >= 11 is 1.55. The second-order valence-corrected chi connectivity index (χ2v) is 5.92. The highest BCUT2D eigenvalue weighted by Crippen LogP contribution is 2.23. The first-order valence-electron chi connectivity index (χ1n) is 7.29. The predicted molar refractivity (Wildman–Crippen MR) is 91.8 cm³/mol. The maximum absolute atomic E-state index is 12.2. The van der Waals surface area contributed by atoms with Crippen molar-refractivity contribution < 1.29 is 14.1 Å². The maximum atomic E-state index is 12.2. The van der Waals surface area contributed by atoms with Crippen LogP contribution in [-0.2, 0) is 4.79 Å². The molecule has 0 aliphatic rings. The molecule has 0 bridgehead atoms.